The molecule has 146 valence electrons. The molecule has 0 aliphatic heterocycles. The van der Waals surface area contributed by atoms with E-state index in [0.717, 1.165) is 23.5 Å². The maximum Gasteiger partial charge on any atom is 0.317 e. The van der Waals surface area contributed by atoms with Gasteiger partial charge in [-0.1, -0.05) is 0 Å². The number of sulfonamides is 1. The Labute approximate surface area is 157 Å². The molecular weight excluding hydrogens is 376 g/mol. The summed E-state index contributed by atoms with van der Waals surface area (Å²) < 4.78 is 59.4. The Morgan fingerprint density at radius 3 is 2.22 bits per heavy atom. The van der Waals surface area contributed by atoms with Crippen LogP contribution in [-0.2, 0) is 10.0 Å². The summed E-state index contributed by atoms with van der Waals surface area (Å²) in [4.78, 5) is 8.21. The fraction of sp³-hybridized carbons (Fsp3) is 0.444. The van der Waals surface area contributed by atoms with Crippen LogP contribution in [0.1, 0.15) is 37.1 Å². The number of aryl methyl sites for hydroxylation is 2. The van der Waals surface area contributed by atoms with Crippen LogP contribution in [0.25, 0.3) is 0 Å². The first-order chi connectivity index (χ1) is 12.7. The van der Waals surface area contributed by atoms with Crippen molar-refractivity contribution in [2.75, 3.05) is 0 Å². The van der Waals surface area contributed by atoms with Gasteiger partial charge in [0.05, 0.1) is 4.90 Å². The first-order valence-corrected chi connectivity index (χ1v) is 10.2. The molecule has 1 saturated carbocycles. The van der Waals surface area contributed by atoms with Gasteiger partial charge in [-0.2, -0.15) is 0 Å². The van der Waals surface area contributed by atoms with Crippen LogP contribution >= 0.6 is 0 Å². The van der Waals surface area contributed by atoms with E-state index in [1.54, 1.807) is 0 Å². The van der Waals surface area contributed by atoms with Crippen molar-refractivity contribution >= 4 is 10.0 Å². The van der Waals surface area contributed by atoms with Crippen molar-refractivity contribution in [1.29, 1.82) is 0 Å². The number of benzene rings is 1. The Hall–Kier alpha value is -2.13. The smallest absolute Gasteiger partial charge is 0.317 e. The maximum atomic E-state index is 13.3. The molecule has 0 amide bonds. The second-order valence-corrected chi connectivity index (χ2v) is 8.44. The molecular formula is C18H21F2N3O3S. The number of nitrogens with one attached hydrogen (secondary N) is 1. The van der Waals surface area contributed by atoms with E-state index in [2.05, 4.69) is 14.7 Å². The van der Waals surface area contributed by atoms with Crippen molar-refractivity contribution in [3.63, 3.8) is 0 Å². The number of halogens is 2. The van der Waals surface area contributed by atoms with E-state index in [9.17, 15) is 17.2 Å². The van der Waals surface area contributed by atoms with Crippen LogP contribution in [0.3, 0.4) is 0 Å². The van der Waals surface area contributed by atoms with Gasteiger partial charge in [-0.15, -0.1) is 0 Å². The van der Waals surface area contributed by atoms with Gasteiger partial charge in [-0.05, 0) is 63.8 Å². The minimum atomic E-state index is -3.91. The van der Waals surface area contributed by atoms with Crippen molar-refractivity contribution < 1.29 is 21.9 Å². The standard InChI is InChI=1S/C18H21F2N3O3S/c1-11-9-12(2)22-18(21-11)26-14-5-3-13(4-6-14)23-27(24,25)15-7-8-16(19)17(20)10-15/h7-10,13-14,23H,3-6H2,1-2H3. The van der Waals surface area contributed by atoms with E-state index in [0.29, 0.717) is 37.8 Å². The van der Waals surface area contributed by atoms with Crippen LogP contribution in [0.5, 0.6) is 6.01 Å². The van der Waals surface area contributed by atoms with E-state index < -0.39 is 21.7 Å². The van der Waals surface area contributed by atoms with Crippen LogP contribution in [0.2, 0.25) is 0 Å². The molecule has 1 aromatic heterocycles. The average molecular weight is 397 g/mol. The summed E-state index contributed by atoms with van der Waals surface area (Å²) in [6.07, 6.45) is 2.33. The van der Waals surface area contributed by atoms with Gasteiger partial charge >= 0.3 is 6.01 Å². The van der Waals surface area contributed by atoms with Gasteiger partial charge in [0.2, 0.25) is 10.0 Å². The van der Waals surface area contributed by atoms with Crippen LogP contribution in [-0.4, -0.2) is 30.5 Å². The number of ether oxygens (including phenoxy) is 1. The van der Waals surface area contributed by atoms with E-state index >= 15 is 0 Å². The minimum Gasteiger partial charge on any atom is -0.460 e. The van der Waals surface area contributed by atoms with Crippen molar-refractivity contribution in [2.45, 2.75) is 56.6 Å². The number of nitrogens with zero attached hydrogens (tertiary/aromatic N) is 2. The Morgan fingerprint density at radius 1 is 1.00 bits per heavy atom. The second-order valence-electron chi connectivity index (χ2n) is 6.72. The molecule has 0 atom stereocenters. The molecule has 0 bridgehead atoms. The lowest BCUT2D eigenvalue weighted by Crippen LogP contribution is -2.39. The third-order valence-corrected chi connectivity index (χ3v) is 5.95. The average Bonchev–Trinajstić information content (AvgIpc) is 2.58. The predicted octanol–water partition coefficient (Wildman–Crippen LogP) is 3.04. The van der Waals surface area contributed by atoms with Gasteiger partial charge in [0.1, 0.15) is 6.10 Å². The zero-order chi connectivity index (χ0) is 19.6. The molecule has 3 rings (SSSR count). The number of hydrogen-bond donors (Lipinski definition) is 1. The van der Waals surface area contributed by atoms with Crippen molar-refractivity contribution in [1.82, 2.24) is 14.7 Å². The number of aromatic nitrogens is 2. The summed E-state index contributed by atoms with van der Waals surface area (Å²) in [7, 11) is -3.91. The van der Waals surface area contributed by atoms with Gasteiger partial charge < -0.3 is 4.74 Å². The maximum absolute atomic E-state index is 13.3. The van der Waals surface area contributed by atoms with Gasteiger partial charge in [0.15, 0.2) is 11.6 Å². The van der Waals surface area contributed by atoms with E-state index in [-0.39, 0.29) is 17.0 Å². The third kappa shape index (κ3) is 4.98. The summed E-state index contributed by atoms with van der Waals surface area (Å²) in [5.41, 5.74) is 1.65. The molecule has 2 aromatic rings. The van der Waals surface area contributed by atoms with Crippen molar-refractivity contribution in [3.8, 4) is 6.01 Å². The highest BCUT2D eigenvalue weighted by Crippen LogP contribution is 2.24. The zero-order valence-corrected chi connectivity index (χ0v) is 15.9. The number of rotatable bonds is 5. The first-order valence-electron chi connectivity index (χ1n) is 8.69. The van der Waals surface area contributed by atoms with E-state index in [1.807, 2.05) is 19.9 Å². The van der Waals surface area contributed by atoms with Gasteiger partial charge in [0.25, 0.3) is 0 Å². The molecule has 1 heterocycles. The molecule has 0 spiro atoms. The molecule has 6 nitrogen and oxygen atoms in total. The molecule has 1 aliphatic carbocycles. The molecule has 0 unspecified atom stereocenters. The highest BCUT2D eigenvalue weighted by atomic mass is 32.2. The topological polar surface area (TPSA) is 81.2 Å². The van der Waals surface area contributed by atoms with Gasteiger partial charge in [-0.25, -0.2) is 31.9 Å². The first kappa shape index (κ1) is 19.6. The zero-order valence-electron chi connectivity index (χ0n) is 15.1. The molecule has 0 saturated heterocycles. The molecule has 27 heavy (non-hydrogen) atoms. The Balaban J connectivity index is 1.58. The summed E-state index contributed by atoms with van der Waals surface area (Å²) >= 11 is 0. The molecule has 1 aromatic carbocycles. The van der Waals surface area contributed by atoms with Gasteiger partial charge in [0, 0.05) is 17.4 Å². The Kier molecular flexibility index (Phi) is 5.71. The van der Waals surface area contributed by atoms with Gasteiger partial charge in [-0.3, -0.25) is 0 Å². The fourth-order valence-corrected chi connectivity index (χ4v) is 4.44. The highest BCUT2D eigenvalue weighted by Gasteiger charge is 2.27. The summed E-state index contributed by atoms with van der Waals surface area (Å²) in [6, 6.07) is 4.44. The van der Waals surface area contributed by atoms with Crippen molar-refractivity contribution in [3.05, 3.63) is 47.3 Å². The minimum absolute atomic E-state index is 0.0878. The lowest BCUT2D eigenvalue weighted by Gasteiger charge is -2.28. The highest BCUT2D eigenvalue weighted by molar-refractivity contribution is 7.89. The lowest BCUT2D eigenvalue weighted by atomic mass is 9.94. The second kappa shape index (κ2) is 7.85. The van der Waals surface area contributed by atoms with E-state index in [1.165, 1.54) is 0 Å². The quantitative estimate of drug-likeness (QED) is 0.839. The Morgan fingerprint density at radius 2 is 1.63 bits per heavy atom. The van der Waals surface area contributed by atoms with Crippen LogP contribution in [0.4, 0.5) is 8.78 Å². The van der Waals surface area contributed by atoms with Crippen LogP contribution < -0.4 is 9.46 Å². The molecule has 9 heteroatoms. The SMILES string of the molecule is Cc1cc(C)nc(OC2CCC(NS(=O)(=O)c3ccc(F)c(F)c3)CC2)n1. The van der Waals surface area contributed by atoms with E-state index in [4.69, 9.17) is 4.74 Å². The predicted molar refractivity (Wildman–Crippen MR) is 94.9 cm³/mol. The third-order valence-electron chi connectivity index (χ3n) is 4.43. The molecule has 0 radical (unpaired) electrons. The van der Waals surface area contributed by atoms with Crippen molar-refractivity contribution in [2.24, 2.45) is 0 Å². The molecule has 1 N–H and O–H groups in total. The monoisotopic (exact) mass is 397 g/mol. The molecule has 1 aliphatic rings. The number of hydrogen-bond acceptors (Lipinski definition) is 5. The summed E-state index contributed by atoms with van der Waals surface area (Å²) in [5, 5.41) is 0. The summed E-state index contributed by atoms with van der Waals surface area (Å²) in [6.45, 7) is 3.73. The normalized spacial score (nSPS) is 20.4. The largest absolute Gasteiger partial charge is 0.460 e. The fourth-order valence-electron chi connectivity index (χ4n) is 3.13. The van der Waals surface area contributed by atoms with Crippen LogP contribution in [0, 0.1) is 25.5 Å². The Bertz CT molecular complexity index is 909. The lowest BCUT2D eigenvalue weighted by molar-refractivity contribution is 0.131. The van der Waals surface area contributed by atoms with Crippen LogP contribution in [0.15, 0.2) is 29.2 Å². The summed E-state index contributed by atoms with van der Waals surface area (Å²) in [5.74, 6) is -2.27. The molecule has 1 fully saturated rings.